The molecule has 2 aromatic carbocycles. The molecule has 2 unspecified atom stereocenters. The Balaban J connectivity index is 1.65. The fraction of sp³-hybridized carbons (Fsp3) is 0.316. The quantitative estimate of drug-likeness (QED) is 0.838. The van der Waals surface area contributed by atoms with Crippen molar-refractivity contribution in [3.63, 3.8) is 0 Å². The zero-order valence-corrected chi connectivity index (χ0v) is 13.6. The molecule has 3 rings (SSSR count). The first-order valence-corrected chi connectivity index (χ1v) is 8.10. The molecule has 0 heterocycles. The molecule has 0 aliphatic heterocycles. The maximum absolute atomic E-state index is 12.6. The van der Waals surface area contributed by atoms with E-state index in [0.717, 1.165) is 17.7 Å². The molecule has 6 heteroatoms. The molecule has 2 atom stereocenters. The zero-order chi connectivity index (χ0) is 18.0. The predicted molar refractivity (Wildman–Crippen MR) is 88.5 cm³/mol. The number of benzene rings is 2. The third-order valence-corrected chi connectivity index (χ3v) is 4.24. The van der Waals surface area contributed by atoms with Crippen LogP contribution < -0.4 is 10.1 Å². The first-order valence-electron chi connectivity index (χ1n) is 8.10. The number of carbonyl (C=O) groups excluding carboxylic acids is 1. The lowest BCUT2D eigenvalue weighted by Crippen LogP contribution is -2.15. The van der Waals surface area contributed by atoms with Crippen molar-refractivity contribution < 1.29 is 22.7 Å². The van der Waals surface area contributed by atoms with Crippen LogP contribution in [0.25, 0.3) is 0 Å². The van der Waals surface area contributed by atoms with Crippen molar-refractivity contribution in [2.24, 2.45) is 5.92 Å². The lowest BCUT2D eigenvalue weighted by atomic mass is 10.1. The van der Waals surface area contributed by atoms with Crippen LogP contribution in [0.5, 0.6) is 5.75 Å². The van der Waals surface area contributed by atoms with E-state index in [0.29, 0.717) is 24.5 Å². The van der Waals surface area contributed by atoms with E-state index in [1.807, 2.05) is 13.0 Å². The van der Waals surface area contributed by atoms with Crippen LogP contribution in [0, 0.1) is 5.92 Å². The summed E-state index contributed by atoms with van der Waals surface area (Å²) in [7, 11) is 0. The SMILES string of the molecule is CCOc1ccccc1NC(=O)C1CC1c1ccc(C(F)(F)F)cc1. The Kier molecular flexibility index (Phi) is 4.70. The minimum atomic E-state index is -4.35. The van der Waals surface area contributed by atoms with E-state index in [9.17, 15) is 18.0 Å². The number of amides is 1. The van der Waals surface area contributed by atoms with Crippen LogP contribution in [-0.2, 0) is 11.0 Å². The molecule has 0 bridgehead atoms. The van der Waals surface area contributed by atoms with Gasteiger partial charge in [-0.25, -0.2) is 0 Å². The average Bonchev–Trinajstić information content (AvgIpc) is 3.37. The Hall–Kier alpha value is -2.50. The molecule has 1 amide bonds. The van der Waals surface area contributed by atoms with Crippen molar-refractivity contribution in [2.75, 3.05) is 11.9 Å². The van der Waals surface area contributed by atoms with E-state index in [-0.39, 0.29) is 17.7 Å². The number of rotatable bonds is 5. The van der Waals surface area contributed by atoms with Crippen molar-refractivity contribution in [3.05, 3.63) is 59.7 Å². The zero-order valence-electron chi connectivity index (χ0n) is 13.6. The third kappa shape index (κ3) is 3.95. The van der Waals surface area contributed by atoms with Gasteiger partial charge >= 0.3 is 6.18 Å². The number of hydrogen-bond acceptors (Lipinski definition) is 2. The largest absolute Gasteiger partial charge is 0.492 e. The van der Waals surface area contributed by atoms with E-state index in [1.54, 1.807) is 18.2 Å². The van der Waals surface area contributed by atoms with Gasteiger partial charge in [0.15, 0.2) is 0 Å². The van der Waals surface area contributed by atoms with Gasteiger partial charge in [0.1, 0.15) is 5.75 Å². The lowest BCUT2D eigenvalue weighted by molar-refractivity contribution is -0.137. The monoisotopic (exact) mass is 349 g/mol. The highest BCUT2D eigenvalue weighted by atomic mass is 19.4. The number of para-hydroxylation sites is 2. The Bertz CT molecular complexity index is 756. The fourth-order valence-corrected chi connectivity index (χ4v) is 2.85. The van der Waals surface area contributed by atoms with Gasteiger partial charge in [-0.2, -0.15) is 13.2 Å². The predicted octanol–water partition coefficient (Wildman–Crippen LogP) is 4.85. The summed E-state index contributed by atoms with van der Waals surface area (Å²) in [5, 5.41) is 2.85. The van der Waals surface area contributed by atoms with E-state index in [2.05, 4.69) is 5.32 Å². The molecule has 132 valence electrons. The van der Waals surface area contributed by atoms with E-state index < -0.39 is 11.7 Å². The Morgan fingerprint density at radius 3 is 2.48 bits per heavy atom. The number of hydrogen-bond donors (Lipinski definition) is 1. The average molecular weight is 349 g/mol. The molecule has 0 spiro atoms. The molecule has 2 aromatic rings. The van der Waals surface area contributed by atoms with Gasteiger partial charge in [0.2, 0.25) is 5.91 Å². The Morgan fingerprint density at radius 1 is 1.16 bits per heavy atom. The highest BCUT2D eigenvalue weighted by molar-refractivity contribution is 5.96. The molecule has 25 heavy (non-hydrogen) atoms. The van der Waals surface area contributed by atoms with Gasteiger partial charge in [0.05, 0.1) is 17.9 Å². The third-order valence-electron chi connectivity index (χ3n) is 4.24. The summed E-state index contributed by atoms with van der Waals surface area (Å²) in [6, 6.07) is 12.2. The number of carbonyl (C=O) groups is 1. The van der Waals surface area contributed by atoms with Crippen molar-refractivity contribution in [2.45, 2.75) is 25.4 Å². The van der Waals surface area contributed by atoms with E-state index in [1.165, 1.54) is 12.1 Å². The standard InChI is InChI=1S/C19H18F3NO2/c1-2-25-17-6-4-3-5-16(17)23-18(24)15-11-14(15)12-7-9-13(10-8-12)19(20,21)22/h3-10,14-15H,2,11H2,1H3,(H,23,24). The minimum absolute atomic E-state index is 0.0402. The van der Waals surface area contributed by atoms with Crippen LogP contribution >= 0.6 is 0 Å². The van der Waals surface area contributed by atoms with Crippen LogP contribution in [0.4, 0.5) is 18.9 Å². The first kappa shape index (κ1) is 17.3. The number of alkyl halides is 3. The van der Waals surface area contributed by atoms with Crippen molar-refractivity contribution in [3.8, 4) is 5.75 Å². The summed E-state index contributed by atoms with van der Waals surface area (Å²) >= 11 is 0. The van der Waals surface area contributed by atoms with Gasteiger partial charge in [-0.1, -0.05) is 24.3 Å². The number of nitrogens with one attached hydrogen (secondary N) is 1. The molecule has 3 nitrogen and oxygen atoms in total. The number of anilines is 1. The normalized spacial score (nSPS) is 19.4. The second-order valence-corrected chi connectivity index (χ2v) is 5.99. The van der Waals surface area contributed by atoms with Gasteiger partial charge in [-0.3, -0.25) is 4.79 Å². The maximum Gasteiger partial charge on any atom is 0.416 e. The summed E-state index contributed by atoms with van der Waals surface area (Å²) in [5.41, 5.74) is 0.683. The summed E-state index contributed by atoms with van der Waals surface area (Å²) in [4.78, 5) is 12.4. The fourth-order valence-electron chi connectivity index (χ4n) is 2.85. The topological polar surface area (TPSA) is 38.3 Å². The highest BCUT2D eigenvalue weighted by Crippen LogP contribution is 2.48. The van der Waals surface area contributed by atoms with Crippen molar-refractivity contribution in [1.82, 2.24) is 0 Å². The molecule has 0 saturated heterocycles. The van der Waals surface area contributed by atoms with Gasteiger partial charge in [0.25, 0.3) is 0 Å². The molecule has 1 N–H and O–H groups in total. The highest BCUT2D eigenvalue weighted by Gasteiger charge is 2.44. The van der Waals surface area contributed by atoms with Crippen LogP contribution in [0.3, 0.4) is 0 Å². The number of halogens is 3. The second-order valence-electron chi connectivity index (χ2n) is 5.99. The molecule has 1 aliphatic rings. The second kappa shape index (κ2) is 6.78. The minimum Gasteiger partial charge on any atom is -0.492 e. The molecular formula is C19H18F3NO2. The van der Waals surface area contributed by atoms with Gasteiger partial charge in [-0.15, -0.1) is 0 Å². The van der Waals surface area contributed by atoms with E-state index in [4.69, 9.17) is 4.74 Å². The van der Waals surface area contributed by atoms with Crippen LogP contribution in [0.15, 0.2) is 48.5 Å². The van der Waals surface area contributed by atoms with Crippen LogP contribution in [0.2, 0.25) is 0 Å². The maximum atomic E-state index is 12.6. The summed E-state index contributed by atoms with van der Waals surface area (Å²) in [6.45, 7) is 2.35. The molecule has 1 saturated carbocycles. The summed E-state index contributed by atoms with van der Waals surface area (Å²) in [6.07, 6.45) is -3.71. The molecule has 0 aromatic heterocycles. The molecule has 1 fully saturated rings. The van der Waals surface area contributed by atoms with Gasteiger partial charge in [0, 0.05) is 5.92 Å². The van der Waals surface area contributed by atoms with Crippen LogP contribution in [0.1, 0.15) is 30.4 Å². The van der Waals surface area contributed by atoms with Gasteiger partial charge < -0.3 is 10.1 Å². The van der Waals surface area contributed by atoms with Crippen LogP contribution in [-0.4, -0.2) is 12.5 Å². The van der Waals surface area contributed by atoms with Crippen molar-refractivity contribution in [1.29, 1.82) is 0 Å². The van der Waals surface area contributed by atoms with E-state index >= 15 is 0 Å². The van der Waals surface area contributed by atoms with Gasteiger partial charge in [-0.05, 0) is 49.1 Å². The smallest absolute Gasteiger partial charge is 0.416 e. The number of ether oxygens (including phenoxy) is 1. The summed E-state index contributed by atoms with van der Waals surface area (Å²) < 4.78 is 43.3. The lowest BCUT2D eigenvalue weighted by Gasteiger charge is -2.11. The Morgan fingerprint density at radius 2 is 1.84 bits per heavy atom. The first-order chi connectivity index (χ1) is 11.9. The van der Waals surface area contributed by atoms with Crippen molar-refractivity contribution >= 4 is 11.6 Å². The molecular weight excluding hydrogens is 331 g/mol. The summed E-state index contributed by atoms with van der Waals surface area (Å²) in [5.74, 6) is 0.190. The molecule has 1 aliphatic carbocycles. The Labute approximate surface area is 143 Å². The molecule has 0 radical (unpaired) electrons.